The Morgan fingerprint density at radius 1 is 1.53 bits per heavy atom. The van der Waals surface area contributed by atoms with Crippen LogP contribution in [0.25, 0.3) is 0 Å². The van der Waals surface area contributed by atoms with Crippen LogP contribution in [-0.4, -0.2) is 24.3 Å². The normalized spacial score (nSPS) is 12.2. The summed E-state index contributed by atoms with van der Waals surface area (Å²) in [5.74, 6) is -0.230. The first-order valence-electron chi connectivity index (χ1n) is 5.70. The third kappa shape index (κ3) is 3.84. The van der Waals surface area contributed by atoms with Crippen LogP contribution >= 0.6 is 0 Å². The van der Waals surface area contributed by atoms with Gasteiger partial charge in [0.25, 0.3) is 0 Å². The van der Waals surface area contributed by atoms with Crippen LogP contribution < -0.4 is 5.73 Å². The minimum absolute atomic E-state index is 0.0853. The molecule has 3 N–H and O–H groups in total. The van der Waals surface area contributed by atoms with Gasteiger partial charge in [-0.3, -0.25) is 4.79 Å². The number of hydrogen-bond acceptors (Lipinski definition) is 4. The number of benzene rings is 1. The number of aryl methyl sites for hydroxylation is 1. The lowest BCUT2D eigenvalue weighted by molar-refractivity contribution is -0.142. The number of rotatable bonds is 5. The average molecular weight is 237 g/mol. The maximum absolute atomic E-state index is 11.3. The van der Waals surface area contributed by atoms with Crippen molar-refractivity contribution in [3.05, 3.63) is 34.9 Å². The number of aliphatic hydroxyl groups excluding tert-OH is 1. The van der Waals surface area contributed by atoms with Gasteiger partial charge in [0.1, 0.15) is 0 Å². The van der Waals surface area contributed by atoms with E-state index in [0.29, 0.717) is 6.61 Å². The highest BCUT2D eigenvalue weighted by Crippen LogP contribution is 2.17. The van der Waals surface area contributed by atoms with E-state index < -0.39 is 0 Å². The number of carbonyl (C=O) groups is 1. The summed E-state index contributed by atoms with van der Waals surface area (Å²) in [6.07, 6.45) is 0.267. The van der Waals surface area contributed by atoms with Crippen molar-refractivity contribution >= 4 is 5.97 Å². The first-order chi connectivity index (χ1) is 8.08. The molecule has 0 amide bonds. The van der Waals surface area contributed by atoms with Crippen molar-refractivity contribution in [2.24, 2.45) is 5.73 Å². The Hall–Kier alpha value is -1.39. The molecule has 1 rings (SSSR count). The summed E-state index contributed by atoms with van der Waals surface area (Å²) in [6.45, 7) is 4.01. The van der Waals surface area contributed by atoms with Crippen LogP contribution in [0.3, 0.4) is 0 Å². The molecule has 1 aromatic carbocycles. The zero-order chi connectivity index (χ0) is 12.8. The quantitative estimate of drug-likeness (QED) is 0.752. The maximum atomic E-state index is 11.3. The smallest absolute Gasteiger partial charge is 0.310 e. The van der Waals surface area contributed by atoms with Gasteiger partial charge in [-0.15, -0.1) is 0 Å². The predicted molar refractivity (Wildman–Crippen MR) is 65.5 cm³/mol. The summed E-state index contributed by atoms with van der Waals surface area (Å²) < 4.78 is 4.88. The minimum Gasteiger partial charge on any atom is -0.466 e. The van der Waals surface area contributed by atoms with E-state index in [2.05, 4.69) is 0 Å². The van der Waals surface area contributed by atoms with Crippen molar-refractivity contribution in [3.63, 3.8) is 0 Å². The van der Waals surface area contributed by atoms with Crippen LogP contribution in [0.2, 0.25) is 0 Å². The fraction of sp³-hybridized carbons (Fsp3) is 0.462. The van der Waals surface area contributed by atoms with E-state index in [0.717, 1.165) is 16.7 Å². The fourth-order valence-electron chi connectivity index (χ4n) is 1.74. The number of esters is 1. The van der Waals surface area contributed by atoms with Gasteiger partial charge in [0, 0.05) is 0 Å². The highest BCUT2D eigenvalue weighted by molar-refractivity contribution is 5.72. The molecule has 1 atom stereocenters. The number of ether oxygens (including phenoxy) is 1. The van der Waals surface area contributed by atoms with E-state index in [-0.39, 0.29) is 25.0 Å². The Labute approximate surface area is 101 Å². The molecule has 0 saturated heterocycles. The largest absolute Gasteiger partial charge is 0.466 e. The van der Waals surface area contributed by atoms with E-state index >= 15 is 0 Å². The van der Waals surface area contributed by atoms with Gasteiger partial charge in [0.2, 0.25) is 0 Å². The SMILES string of the molecule is CCOC(=O)Cc1ccc([C@H](N)CO)c(C)c1. The van der Waals surface area contributed by atoms with E-state index in [1.54, 1.807) is 6.92 Å². The fourth-order valence-corrected chi connectivity index (χ4v) is 1.74. The van der Waals surface area contributed by atoms with Crippen LogP contribution in [-0.2, 0) is 16.0 Å². The van der Waals surface area contributed by atoms with Gasteiger partial charge in [-0.25, -0.2) is 0 Å². The van der Waals surface area contributed by atoms with Gasteiger partial charge in [0.05, 0.1) is 25.7 Å². The Bertz CT molecular complexity index is 390. The second-order valence-corrected chi connectivity index (χ2v) is 3.96. The Kier molecular flexibility index (Phi) is 5.12. The van der Waals surface area contributed by atoms with E-state index in [4.69, 9.17) is 15.6 Å². The maximum Gasteiger partial charge on any atom is 0.310 e. The van der Waals surface area contributed by atoms with Gasteiger partial charge in [-0.1, -0.05) is 18.2 Å². The summed E-state index contributed by atoms with van der Waals surface area (Å²) in [5.41, 5.74) is 8.53. The molecule has 0 heterocycles. The highest BCUT2D eigenvalue weighted by Gasteiger charge is 2.10. The first kappa shape index (κ1) is 13.7. The molecule has 0 unspecified atom stereocenters. The Morgan fingerprint density at radius 3 is 2.76 bits per heavy atom. The van der Waals surface area contributed by atoms with Crippen LogP contribution in [0.1, 0.15) is 29.7 Å². The van der Waals surface area contributed by atoms with Gasteiger partial charge in [0.15, 0.2) is 0 Å². The number of carbonyl (C=O) groups excluding carboxylic acids is 1. The van der Waals surface area contributed by atoms with Gasteiger partial charge in [-0.2, -0.15) is 0 Å². The first-order valence-corrected chi connectivity index (χ1v) is 5.70. The highest BCUT2D eigenvalue weighted by atomic mass is 16.5. The predicted octanol–water partition coefficient (Wildman–Crippen LogP) is 1.09. The molecule has 0 radical (unpaired) electrons. The number of aliphatic hydroxyl groups is 1. The van der Waals surface area contributed by atoms with E-state index in [1.165, 1.54) is 0 Å². The molecule has 94 valence electrons. The Morgan fingerprint density at radius 2 is 2.24 bits per heavy atom. The molecule has 0 fully saturated rings. The number of nitrogens with two attached hydrogens (primary N) is 1. The molecule has 0 aliphatic heterocycles. The lowest BCUT2D eigenvalue weighted by Crippen LogP contribution is -2.16. The average Bonchev–Trinajstić information content (AvgIpc) is 2.28. The molecule has 0 aliphatic rings. The van der Waals surface area contributed by atoms with Crippen molar-refractivity contribution in [3.8, 4) is 0 Å². The second kappa shape index (κ2) is 6.37. The monoisotopic (exact) mass is 237 g/mol. The van der Waals surface area contributed by atoms with Gasteiger partial charge < -0.3 is 15.6 Å². The Balaban J connectivity index is 2.78. The summed E-state index contributed by atoms with van der Waals surface area (Å²) in [4.78, 5) is 11.3. The van der Waals surface area contributed by atoms with Crippen molar-refractivity contribution < 1.29 is 14.6 Å². The lowest BCUT2D eigenvalue weighted by Gasteiger charge is -2.13. The molecule has 0 spiro atoms. The number of hydrogen-bond donors (Lipinski definition) is 2. The summed E-state index contributed by atoms with van der Waals surface area (Å²) >= 11 is 0. The second-order valence-electron chi connectivity index (χ2n) is 3.96. The minimum atomic E-state index is -0.369. The summed E-state index contributed by atoms with van der Waals surface area (Å²) in [7, 11) is 0. The summed E-state index contributed by atoms with van der Waals surface area (Å²) in [6, 6.07) is 5.23. The molecule has 1 aromatic rings. The summed E-state index contributed by atoms with van der Waals surface area (Å²) in [5, 5.41) is 9.00. The molecule has 0 saturated carbocycles. The molecule has 4 heteroatoms. The van der Waals surface area contributed by atoms with Crippen molar-refractivity contribution in [2.75, 3.05) is 13.2 Å². The molecule has 4 nitrogen and oxygen atoms in total. The third-order valence-electron chi connectivity index (χ3n) is 2.58. The molecule has 0 aromatic heterocycles. The molecule has 0 bridgehead atoms. The topological polar surface area (TPSA) is 72.5 Å². The molecule has 17 heavy (non-hydrogen) atoms. The van der Waals surface area contributed by atoms with Crippen molar-refractivity contribution in [2.45, 2.75) is 26.3 Å². The third-order valence-corrected chi connectivity index (χ3v) is 2.58. The van der Waals surface area contributed by atoms with Crippen LogP contribution in [0.4, 0.5) is 0 Å². The molecular weight excluding hydrogens is 218 g/mol. The van der Waals surface area contributed by atoms with Gasteiger partial charge in [-0.05, 0) is 30.5 Å². The molecular formula is C13H19NO3. The van der Waals surface area contributed by atoms with E-state index in [1.807, 2.05) is 25.1 Å². The van der Waals surface area contributed by atoms with Crippen molar-refractivity contribution in [1.82, 2.24) is 0 Å². The zero-order valence-corrected chi connectivity index (χ0v) is 10.3. The van der Waals surface area contributed by atoms with Crippen molar-refractivity contribution in [1.29, 1.82) is 0 Å². The van der Waals surface area contributed by atoms with Crippen LogP contribution in [0.5, 0.6) is 0 Å². The lowest BCUT2D eigenvalue weighted by atomic mass is 9.99. The molecule has 0 aliphatic carbocycles. The van der Waals surface area contributed by atoms with Gasteiger partial charge >= 0.3 is 5.97 Å². The van der Waals surface area contributed by atoms with Crippen LogP contribution in [0, 0.1) is 6.92 Å². The van der Waals surface area contributed by atoms with Crippen LogP contribution in [0.15, 0.2) is 18.2 Å². The van der Waals surface area contributed by atoms with E-state index in [9.17, 15) is 4.79 Å². The zero-order valence-electron chi connectivity index (χ0n) is 10.3. The standard InChI is InChI=1S/C13H19NO3/c1-3-17-13(16)7-10-4-5-11(9(2)6-10)12(14)8-15/h4-6,12,15H,3,7-8,14H2,1-2H3/t12-/m1/s1.